The van der Waals surface area contributed by atoms with Gasteiger partial charge in [-0.15, -0.1) is 0 Å². The second kappa shape index (κ2) is 8.07. The van der Waals surface area contributed by atoms with Crippen molar-refractivity contribution >= 4 is 0 Å². The van der Waals surface area contributed by atoms with Gasteiger partial charge in [0.15, 0.2) is 0 Å². The van der Waals surface area contributed by atoms with E-state index in [1.54, 1.807) is 0 Å². The standard InChI is InChI=1S/C18H26N2O/c1-15(2)17-8-10-20(14-17)11-12-21-18-7-3-5-16(13-18)6-4-9-19/h3,5,7,13,15,17H,8-12,14,19H2,1-2H3. The summed E-state index contributed by atoms with van der Waals surface area (Å²) < 4.78 is 5.84. The maximum absolute atomic E-state index is 5.84. The van der Waals surface area contributed by atoms with Crippen LogP contribution in [-0.4, -0.2) is 37.7 Å². The second-order valence-electron chi connectivity index (χ2n) is 5.98. The molecule has 114 valence electrons. The number of rotatable bonds is 5. The molecule has 1 saturated heterocycles. The van der Waals surface area contributed by atoms with Gasteiger partial charge in [-0.3, -0.25) is 4.90 Å². The van der Waals surface area contributed by atoms with E-state index < -0.39 is 0 Å². The molecule has 0 spiro atoms. The van der Waals surface area contributed by atoms with Crippen LogP contribution in [0.4, 0.5) is 0 Å². The number of nitrogens with zero attached hydrogens (tertiary/aromatic N) is 1. The van der Waals surface area contributed by atoms with Gasteiger partial charge < -0.3 is 10.5 Å². The first kappa shape index (κ1) is 15.9. The van der Waals surface area contributed by atoms with Gasteiger partial charge >= 0.3 is 0 Å². The van der Waals surface area contributed by atoms with Crippen molar-refractivity contribution in [1.29, 1.82) is 0 Å². The van der Waals surface area contributed by atoms with Crippen molar-refractivity contribution < 1.29 is 4.74 Å². The molecule has 0 saturated carbocycles. The molecule has 2 N–H and O–H groups in total. The average molecular weight is 286 g/mol. The highest BCUT2D eigenvalue weighted by molar-refractivity contribution is 5.39. The molecule has 1 aromatic rings. The van der Waals surface area contributed by atoms with Crippen LogP contribution in [0.5, 0.6) is 5.75 Å². The smallest absolute Gasteiger partial charge is 0.120 e. The minimum Gasteiger partial charge on any atom is -0.492 e. The van der Waals surface area contributed by atoms with Gasteiger partial charge in [0.2, 0.25) is 0 Å². The highest BCUT2D eigenvalue weighted by atomic mass is 16.5. The number of hydrogen-bond acceptors (Lipinski definition) is 3. The van der Waals surface area contributed by atoms with Gasteiger partial charge in [-0.05, 0) is 43.0 Å². The van der Waals surface area contributed by atoms with Gasteiger partial charge in [0.25, 0.3) is 0 Å². The lowest BCUT2D eigenvalue weighted by molar-refractivity contribution is 0.227. The summed E-state index contributed by atoms with van der Waals surface area (Å²) in [5.74, 6) is 8.41. The van der Waals surface area contributed by atoms with Crippen molar-refractivity contribution in [2.75, 3.05) is 32.8 Å². The van der Waals surface area contributed by atoms with Gasteiger partial charge in [-0.1, -0.05) is 31.8 Å². The maximum Gasteiger partial charge on any atom is 0.120 e. The molecule has 21 heavy (non-hydrogen) atoms. The van der Waals surface area contributed by atoms with Crippen molar-refractivity contribution in [2.24, 2.45) is 17.6 Å². The van der Waals surface area contributed by atoms with Crippen LogP contribution in [-0.2, 0) is 0 Å². The summed E-state index contributed by atoms with van der Waals surface area (Å²) in [4.78, 5) is 2.50. The predicted molar refractivity (Wildman–Crippen MR) is 87.3 cm³/mol. The summed E-state index contributed by atoms with van der Waals surface area (Å²) in [7, 11) is 0. The minimum absolute atomic E-state index is 0.386. The molecule has 1 atom stereocenters. The highest BCUT2D eigenvalue weighted by Crippen LogP contribution is 2.23. The first-order valence-electron chi connectivity index (χ1n) is 7.83. The van der Waals surface area contributed by atoms with E-state index in [2.05, 4.69) is 30.6 Å². The molecule has 0 aromatic heterocycles. The van der Waals surface area contributed by atoms with Crippen molar-refractivity contribution in [1.82, 2.24) is 4.90 Å². The molecule has 1 aromatic carbocycles. The average Bonchev–Trinajstić information content (AvgIpc) is 2.95. The van der Waals surface area contributed by atoms with Crippen LogP contribution >= 0.6 is 0 Å². The SMILES string of the molecule is CC(C)C1CCN(CCOc2cccc(C#CCN)c2)C1. The molecule has 0 aliphatic carbocycles. The monoisotopic (exact) mass is 286 g/mol. The molecular weight excluding hydrogens is 260 g/mol. The van der Waals surface area contributed by atoms with E-state index in [0.29, 0.717) is 6.54 Å². The third kappa shape index (κ3) is 5.08. The van der Waals surface area contributed by atoms with Crippen LogP contribution in [0, 0.1) is 23.7 Å². The maximum atomic E-state index is 5.84. The number of likely N-dealkylation sites (tertiary alicyclic amines) is 1. The molecule has 1 heterocycles. The molecule has 1 unspecified atom stereocenters. The fourth-order valence-electron chi connectivity index (χ4n) is 2.72. The zero-order chi connectivity index (χ0) is 15.1. The number of ether oxygens (including phenoxy) is 1. The van der Waals surface area contributed by atoms with E-state index in [1.165, 1.54) is 19.5 Å². The topological polar surface area (TPSA) is 38.5 Å². The molecule has 1 aliphatic heterocycles. The van der Waals surface area contributed by atoms with E-state index in [4.69, 9.17) is 10.5 Å². The Morgan fingerprint density at radius 3 is 3.00 bits per heavy atom. The van der Waals surface area contributed by atoms with Crippen LogP contribution in [0.1, 0.15) is 25.8 Å². The summed E-state index contributed by atoms with van der Waals surface area (Å²) in [6.07, 6.45) is 1.32. The highest BCUT2D eigenvalue weighted by Gasteiger charge is 2.24. The quantitative estimate of drug-likeness (QED) is 0.845. The fraction of sp³-hybridized carbons (Fsp3) is 0.556. The lowest BCUT2D eigenvalue weighted by Crippen LogP contribution is -2.27. The largest absolute Gasteiger partial charge is 0.492 e. The third-order valence-corrected chi connectivity index (χ3v) is 4.10. The van der Waals surface area contributed by atoms with Gasteiger partial charge in [0.05, 0.1) is 6.54 Å². The fourth-order valence-corrected chi connectivity index (χ4v) is 2.72. The Labute approximate surface area is 128 Å². The van der Waals surface area contributed by atoms with Crippen molar-refractivity contribution in [3.8, 4) is 17.6 Å². The summed E-state index contributed by atoms with van der Waals surface area (Å²) in [6, 6.07) is 7.90. The van der Waals surface area contributed by atoms with Crippen LogP contribution in [0.2, 0.25) is 0 Å². The zero-order valence-electron chi connectivity index (χ0n) is 13.1. The van der Waals surface area contributed by atoms with Crippen LogP contribution in [0.3, 0.4) is 0 Å². The number of hydrogen-bond donors (Lipinski definition) is 1. The van der Waals surface area contributed by atoms with E-state index in [1.807, 2.05) is 24.3 Å². The Morgan fingerprint density at radius 2 is 2.29 bits per heavy atom. The number of nitrogens with two attached hydrogens (primary N) is 1. The Bertz CT molecular complexity index is 501. The lowest BCUT2D eigenvalue weighted by Gasteiger charge is -2.18. The molecule has 2 rings (SSSR count). The van der Waals surface area contributed by atoms with Gasteiger partial charge in [-0.25, -0.2) is 0 Å². The Kier molecular flexibility index (Phi) is 6.10. The normalized spacial score (nSPS) is 18.6. The molecule has 3 nitrogen and oxygen atoms in total. The lowest BCUT2D eigenvalue weighted by atomic mass is 9.95. The van der Waals surface area contributed by atoms with Crippen molar-refractivity contribution in [2.45, 2.75) is 20.3 Å². The van der Waals surface area contributed by atoms with Crippen molar-refractivity contribution in [3.05, 3.63) is 29.8 Å². The third-order valence-electron chi connectivity index (χ3n) is 4.10. The molecule has 0 radical (unpaired) electrons. The van der Waals surface area contributed by atoms with Gasteiger partial charge in [0.1, 0.15) is 12.4 Å². The zero-order valence-corrected chi connectivity index (χ0v) is 13.1. The molecule has 1 fully saturated rings. The summed E-state index contributed by atoms with van der Waals surface area (Å²) in [5.41, 5.74) is 6.34. The first-order valence-corrected chi connectivity index (χ1v) is 7.83. The second-order valence-corrected chi connectivity index (χ2v) is 5.98. The summed E-state index contributed by atoms with van der Waals surface area (Å²) >= 11 is 0. The summed E-state index contributed by atoms with van der Waals surface area (Å²) in [6.45, 7) is 9.17. The van der Waals surface area contributed by atoms with Gasteiger partial charge in [-0.2, -0.15) is 0 Å². The Balaban J connectivity index is 1.76. The Hall–Kier alpha value is -1.50. The van der Waals surface area contributed by atoms with E-state index >= 15 is 0 Å². The summed E-state index contributed by atoms with van der Waals surface area (Å²) in [5, 5.41) is 0. The number of benzene rings is 1. The van der Waals surface area contributed by atoms with E-state index in [-0.39, 0.29) is 0 Å². The van der Waals surface area contributed by atoms with Crippen molar-refractivity contribution in [3.63, 3.8) is 0 Å². The van der Waals surface area contributed by atoms with E-state index in [0.717, 1.165) is 36.3 Å². The van der Waals surface area contributed by atoms with Gasteiger partial charge in [0, 0.05) is 18.7 Å². The molecular formula is C18H26N2O. The molecule has 3 heteroatoms. The first-order chi connectivity index (χ1) is 10.2. The minimum atomic E-state index is 0.386. The predicted octanol–water partition coefficient (Wildman–Crippen LogP) is 2.35. The molecule has 0 bridgehead atoms. The molecule has 1 aliphatic rings. The molecule has 0 amide bonds. The van der Waals surface area contributed by atoms with E-state index in [9.17, 15) is 0 Å². The van der Waals surface area contributed by atoms with Crippen LogP contribution in [0.15, 0.2) is 24.3 Å². The van der Waals surface area contributed by atoms with Crippen LogP contribution < -0.4 is 10.5 Å². The Morgan fingerprint density at radius 1 is 1.43 bits per heavy atom. The van der Waals surface area contributed by atoms with Crippen LogP contribution in [0.25, 0.3) is 0 Å².